The molecule has 37 heavy (non-hydrogen) atoms. The second kappa shape index (κ2) is 8.36. The minimum absolute atomic E-state index is 0.0217. The van der Waals surface area contributed by atoms with Crippen molar-refractivity contribution in [1.82, 2.24) is 0 Å². The Labute approximate surface area is 215 Å². The fourth-order valence-electron chi connectivity index (χ4n) is 7.36. The first kappa shape index (κ1) is 25.0. The Morgan fingerprint density at radius 2 is 1.68 bits per heavy atom. The molecule has 2 bridgehead atoms. The summed E-state index contributed by atoms with van der Waals surface area (Å²) in [6.07, 6.45) is 4.66. The van der Waals surface area contributed by atoms with Gasteiger partial charge in [0.25, 0.3) is 0 Å². The van der Waals surface area contributed by atoms with Gasteiger partial charge >= 0.3 is 17.9 Å². The van der Waals surface area contributed by atoms with Gasteiger partial charge in [-0.3, -0.25) is 0 Å². The Hall–Kier alpha value is -2.27. The molecule has 3 saturated heterocycles. The second-order valence-corrected chi connectivity index (χ2v) is 11.8. The molecule has 0 radical (unpaired) electrons. The predicted octanol–water partition coefficient (Wildman–Crippen LogP) is 1.38. The number of carbonyl (C=O) groups excluding carboxylic acids is 3. The van der Waals surface area contributed by atoms with E-state index in [9.17, 15) is 19.5 Å². The molecule has 10 atom stereocenters. The smallest absolute Gasteiger partial charge is 0.335 e. The van der Waals surface area contributed by atoms with Crippen LogP contribution in [0.4, 0.5) is 0 Å². The SMILES string of the molecule is C[C@@H]1CCOC(=O)/C=C\C=C/C(=O)O[C@@H]2C[C@H]3O[C@H]4[C@H]5O[C@]5(C)CC[C@@]4(COC(=O)[C@@H]1O)[C@@]2(C)[C@@]31CO1. The molecular weight excluding hydrogens is 484 g/mol. The number of carbonyl (C=O) groups is 3. The van der Waals surface area contributed by atoms with Crippen LogP contribution in [0.25, 0.3) is 0 Å². The van der Waals surface area contributed by atoms with E-state index in [1.165, 1.54) is 24.3 Å². The van der Waals surface area contributed by atoms with Crippen molar-refractivity contribution in [2.75, 3.05) is 19.8 Å². The lowest BCUT2D eigenvalue weighted by molar-refractivity contribution is -0.252. The maximum Gasteiger partial charge on any atom is 0.335 e. The number of aliphatic hydroxyl groups excluding tert-OH is 1. The van der Waals surface area contributed by atoms with Gasteiger partial charge < -0.3 is 33.5 Å². The highest BCUT2D eigenvalue weighted by Crippen LogP contribution is 2.75. The van der Waals surface area contributed by atoms with Crippen molar-refractivity contribution in [3.05, 3.63) is 24.3 Å². The fourth-order valence-corrected chi connectivity index (χ4v) is 7.36. The van der Waals surface area contributed by atoms with Crippen LogP contribution < -0.4 is 0 Å². The molecule has 2 aliphatic carbocycles. The Morgan fingerprint density at radius 3 is 2.41 bits per heavy atom. The first-order chi connectivity index (χ1) is 17.6. The summed E-state index contributed by atoms with van der Waals surface area (Å²) in [6, 6.07) is 0. The minimum Gasteiger partial charge on any atom is -0.463 e. The highest BCUT2D eigenvalue weighted by atomic mass is 16.7. The zero-order chi connectivity index (χ0) is 26.2. The summed E-state index contributed by atoms with van der Waals surface area (Å²) in [6.45, 7) is 6.30. The predicted molar refractivity (Wildman–Crippen MR) is 125 cm³/mol. The molecule has 0 aromatic rings. The van der Waals surface area contributed by atoms with Gasteiger partial charge in [0.15, 0.2) is 6.10 Å². The number of fused-ring (bicyclic) bond motifs is 2. The summed E-state index contributed by atoms with van der Waals surface area (Å²) in [5, 5.41) is 10.7. The average Bonchev–Trinajstić information content (AvgIpc) is 3.77. The van der Waals surface area contributed by atoms with Gasteiger partial charge in [-0.05, 0) is 32.1 Å². The average molecular weight is 519 g/mol. The molecule has 0 unspecified atom stereocenters. The van der Waals surface area contributed by atoms with E-state index in [2.05, 4.69) is 13.8 Å². The van der Waals surface area contributed by atoms with Crippen molar-refractivity contribution in [1.29, 1.82) is 0 Å². The molecule has 4 heterocycles. The van der Waals surface area contributed by atoms with E-state index < -0.39 is 52.5 Å². The van der Waals surface area contributed by atoms with Gasteiger partial charge in [0.1, 0.15) is 24.4 Å². The van der Waals surface area contributed by atoms with E-state index in [0.717, 1.165) is 6.42 Å². The van der Waals surface area contributed by atoms with Crippen LogP contribution in [0.3, 0.4) is 0 Å². The molecule has 6 rings (SSSR count). The molecule has 10 heteroatoms. The van der Waals surface area contributed by atoms with Crippen LogP contribution in [0.5, 0.6) is 0 Å². The van der Waals surface area contributed by atoms with Crippen molar-refractivity contribution in [2.45, 2.75) is 88.2 Å². The number of ether oxygens (including phenoxy) is 6. The van der Waals surface area contributed by atoms with Crippen molar-refractivity contribution >= 4 is 17.9 Å². The van der Waals surface area contributed by atoms with E-state index in [1.807, 2.05) is 0 Å². The van der Waals surface area contributed by atoms with Gasteiger partial charge in [0, 0.05) is 24.0 Å². The van der Waals surface area contributed by atoms with E-state index >= 15 is 0 Å². The van der Waals surface area contributed by atoms with Crippen LogP contribution in [-0.4, -0.2) is 84.6 Å². The summed E-state index contributed by atoms with van der Waals surface area (Å²) in [5.74, 6) is -2.38. The maximum atomic E-state index is 13.0. The monoisotopic (exact) mass is 518 g/mol. The fraction of sp³-hybridized carbons (Fsp3) is 0.741. The van der Waals surface area contributed by atoms with Crippen LogP contribution in [0.15, 0.2) is 24.3 Å². The zero-order valence-electron chi connectivity index (χ0n) is 21.3. The number of hydrogen-bond donors (Lipinski definition) is 1. The Kier molecular flexibility index (Phi) is 5.66. The van der Waals surface area contributed by atoms with Gasteiger partial charge in [0.2, 0.25) is 0 Å². The highest BCUT2D eigenvalue weighted by Gasteiger charge is 2.86. The molecule has 0 amide bonds. The van der Waals surface area contributed by atoms with Crippen molar-refractivity contribution in [3.63, 3.8) is 0 Å². The van der Waals surface area contributed by atoms with Crippen LogP contribution >= 0.6 is 0 Å². The molecule has 2 spiro atoms. The van der Waals surface area contributed by atoms with Gasteiger partial charge in [-0.2, -0.15) is 0 Å². The van der Waals surface area contributed by atoms with Crippen LogP contribution in [0.1, 0.15) is 46.5 Å². The van der Waals surface area contributed by atoms with E-state index in [1.54, 1.807) is 6.92 Å². The molecule has 0 aromatic heterocycles. The van der Waals surface area contributed by atoms with Crippen LogP contribution in [0, 0.1) is 16.7 Å². The Morgan fingerprint density at radius 1 is 0.946 bits per heavy atom. The molecule has 10 nitrogen and oxygen atoms in total. The largest absolute Gasteiger partial charge is 0.463 e. The Bertz CT molecular complexity index is 1060. The molecule has 202 valence electrons. The van der Waals surface area contributed by atoms with E-state index in [-0.39, 0.29) is 43.5 Å². The summed E-state index contributed by atoms with van der Waals surface area (Å²) in [5.41, 5.74) is -2.40. The maximum absolute atomic E-state index is 13.0. The Balaban J connectivity index is 1.37. The lowest BCUT2D eigenvalue weighted by Crippen LogP contribution is -2.69. The third kappa shape index (κ3) is 3.56. The summed E-state index contributed by atoms with van der Waals surface area (Å²) >= 11 is 0. The van der Waals surface area contributed by atoms with Crippen molar-refractivity contribution < 1.29 is 47.9 Å². The van der Waals surface area contributed by atoms with Gasteiger partial charge in [-0.1, -0.05) is 26.0 Å². The van der Waals surface area contributed by atoms with E-state index in [0.29, 0.717) is 19.4 Å². The number of allylic oxidation sites excluding steroid dienone is 2. The summed E-state index contributed by atoms with van der Waals surface area (Å²) < 4.78 is 35.9. The number of hydrogen-bond acceptors (Lipinski definition) is 10. The molecule has 4 aliphatic heterocycles. The van der Waals surface area contributed by atoms with Gasteiger partial charge in [-0.25, -0.2) is 14.4 Å². The summed E-state index contributed by atoms with van der Waals surface area (Å²) in [7, 11) is 0. The summed E-state index contributed by atoms with van der Waals surface area (Å²) in [4.78, 5) is 37.7. The second-order valence-electron chi connectivity index (χ2n) is 11.8. The molecule has 0 aromatic carbocycles. The van der Waals surface area contributed by atoms with Crippen LogP contribution in [-0.2, 0) is 42.8 Å². The highest BCUT2D eigenvalue weighted by molar-refractivity contribution is 5.84. The number of cyclic esters (lactones) is 2. The standard InChI is InChI=1S/C27H34O10/c1-15-8-11-32-18(28)6-4-5-7-19(29)35-16-12-17-27(14-34-27)25(16,3)26(13-33-23(31)20(15)30)10-9-24(2)21(37-24)22(26)36-17/h4-7,15-17,20-22,30H,8-14H2,1-3H3/b6-4-,7-5-/t15-,16-,17-,20-,21-,22+,24-,25+,26+,27-/m1/s1. The molecule has 5 fully saturated rings. The molecule has 2 saturated carbocycles. The number of esters is 3. The number of aliphatic hydroxyl groups is 1. The first-order valence-corrected chi connectivity index (χ1v) is 13.1. The minimum atomic E-state index is -1.38. The van der Waals surface area contributed by atoms with Crippen molar-refractivity contribution in [2.24, 2.45) is 16.7 Å². The third-order valence-corrected chi connectivity index (χ3v) is 10.0. The topological polar surface area (TPSA) is 133 Å². The van der Waals surface area contributed by atoms with Crippen molar-refractivity contribution in [3.8, 4) is 0 Å². The van der Waals surface area contributed by atoms with E-state index in [4.69, 9.17) is 28.4 Å². The lowest BCUT2D eigenvalue weighted by Gasteiger charge is -2.58. The van der Waals surface area contributed by atoms with Gasteiger partial charge in [-0.15, -0.1) is 0 Å². The van der Waals surface area contributed by atoms with Gasteiger partial charge in [0.05, 0.1) is 36.4 Å². The number of epoxide rings is 2. The zero-order valence-corrected chi connectivity index (χ0v) is 21.3. The third-order valence-electron chi connectivity index (χ3n) is 10.0. The normalized spacial score (nSPS) is 52.9. The lowest BCUT2D eigenvalue weighted by atomic mass is 9.50. The first-order valence-electron chi connectivity index (χ1n) is 13.1. The molecular formula is C27H34O10. The molecule has 6 aliphatic rings. The van der Waals surface area contributed by atoms with Crippen LogP contribution in [0.2, 0.25) is 0 Å². The number of rotatable bonds is 0. The quantitative estimate of drug-likeness (QED) is 0.285. The molecule has 1 N–H and O–H groups in total.